The predicted molar refractivity (Wildman–Crippen MR) is 109 cm³/mol. The first-order valence-electron chi connectivity index (χ1n) is 8.73. The third kappa shape index (κ3) is 7.36. The van der Waals surface area contributed by atoms with Crippen LogP contribution in [0, 0.1) is 11.7 Å². The van der Waals surface area contributed by atoms with Crippen molar-refractivity contribution < 1.29 is 27.0 Å². The summed E-state index contributed by atoms with van der Waals surface area (Å²) in [5.41, 5.74) is -1.00. The van der Waals surface area contributed by atoms with Gasteiger partial charge in [0.2, 0.25) is 0 Å². The zero-order valence-corrected chi connectivity index (χ0v) is 18.2. The summed E-state index contributed by atoms with van der Waals surface area (Å²) in [5.74, 6) is -0.0601. The van der Waals surface area contributed by atoms with Crippen molar-refractivity contribution in [3.63, 3.8) is 0 Å². The van der Waals surface area contributed by atoms with E-state index in [0.717, 1.165) is 25.1 Å². The number of halogens is 5. The maximum atomic E-state index is 13.2. The van der Waals surface area contributed by atoms with E-state index in [2.05, 4.69) is 10.3 Å². The summed E-state index contributed by atoms with van der Waals surface area (Å²) < 4.78 is 63.0. The summed E-state index contributed by atoms with van der Waals surface area (Å²) in [5, 5.41) is 2.95. The molecule has 1 atom stereocenters. The largest absolute Gasteiger partial charge is 0.416 e. The van der Waals surface area contributed by atoms with Crippen molar-refractivity contribution in [2.75, 3.05) is 47.1 Å². The highest BCUT2D eigenvalue weighted by molar-refractivity contribution is 14.0. The third-order valence-electron chi connectivity index (χ3n) is 4.40. The summed E-state index contributed by atoms with van der Waals surface area (Å²) >= 11 is 0. The van der Waals surface area contributed by atoms with Crippen LogP contribution in [-0.4, -0.2) is 57.9 Å². The van der Waals surface area contributed by atoms with Gasteiger partial charge in [0.05, 0.1) is 25.4 Å². The minimum atomic E-state index is -4.61. The van der Waals surface area contributed by atoms with Crippen LogP contribution < -0.4 is 5.32 Å². The van der Waals surface area contributed by atoms with E-state index in [9.17, 15) is 17.6 Å². The zero-order chi connectivity index (χ0) is 19.9. The number of rotatable bonds is 7. The number of nitrogens with one attached hydrogen (secondary N) is 1. The second-order valence-electron chi connectivity index (χ2n) is 6.37. The molecule has 2 rings (SSSR count). The molecule has 0 bridgehead atoms. The normalized spacial score (nSPS) is 17.6. The standard InChI is InChI=1S/C18H25F4N3O2.HI/c1-23-17(25-6-5-13(11-25)12-27-8-7-26-2)24-10-14-3-4-15(19)9-16(14)18(20,21)22;/h3-4,9,13H,5-8,10-12H2,1-2H3,(H,23,24);1H. The van der Waals surface area contributed by atoms with Crippen LogP contribution in [0.4, 0.5) is 17.6 Å². The number of hydrogen-bond donors (Lipinski definition) is 1. The van der Waals surface area contributed by atoms with E-state index in [4.69, 9.17) is 9.47 Å². The molecule has 0 amide bonds. The van der Waals surface area contributed by atoms with Gasteiger partial charge in [-0.1, -0.05) is 6.07 Å². The lowest BCUT2D eigenvalue weighted by molar-refractivity contribution is -0.138. The van der Waals surface area contributed by atoms with Crippen molar-refractivity contribution in [1.82, 2.24) is 10.2 Å². The topological polar surface area (TPSA) is 46.1 Å². The van der Waals surface area contributed by atoms with Gasteiger partial charge in [0.15, 0.2) is 5.96 Å². The van der Waals surface area contributed by atoms with Gasteiger partial charge in [-0.2, -0.15) is 13.2 Å². The van der Waals surface area contributed by atoms with Crippen LogP contribution in [-0.2, 0) is 22.2 Å². The van der Waals surface area contributed by atoms with E-state index >= 15 is 0 Å². The van der Waals surface area contributed by atoms with Crippen molar-refractivity contribution in [2.24, 2.45) is 10.9 Å². The Bertz CT molecular complexity index is 644. The number of methoxy groups -OCH3 is 1. The van der Waals surface area contributed by atoms with Crippen LogP contribution in [0.3, 0.4) is 0 Å². The molecule has 1 N–H and O–H groups in total. The number of guanidine groups is 1. The van der Waals surface area contributed by atoms with Crippen LogP contribution in [0.5, 0.6) is 0 Å². The molecule has 1 unspecified atom stereocenters. The van der Waals surface area contributed by atoms with Crippen molar-refractivity contribution in [1.29, 1.82) is 0 Å². The molecule has 1 heterocycles. The van der Waals surface area contributed by atoms with Crippen LogP contribution in [0.1, 0.15) is 17.5 Å². The lowest BCUT2D eigenvalue weighted by Gasteiger charge is -2.22. The molecule has 5 nitrogen and oxygen atoms in total. The quantitative estimate of drug-likeness (QED) is 0.197. The lowest BCUT2D eigenvalue weighted by Crippen LogP contribution is -2.40. The Labute approximate surface area is 179 Å². The number of aliphatic imine (C=N–C) groups is 1. The van der Waals surface area contributed by atoms with Gasteiger partial charge < -0.3 is 19.7 Å². The SMILES string of the molecule is CN=C(NCc1ccc(F)cc1C(F)(F)F)N1CCC(COCCOC)C1.I. The molecule has 160 valence electrons. The van der Waals surface area contributed by atoms with Gasteiger partial charge in [-0.3, -0.25) is 4.99 Å². The summed E-state index contributed by atoms with van der Waals surface area (Å²) in [6.45, 7) is 3.04. The fraction of sp³-hybridized carbons (Fsp3) is 0.611. The molecular formula is C18H26F4IN3O2. The number of benzene rings is 1. The van der Waals surface area contributed by atoms with Crippen LogP contribution in [0.2, 0.25) is 0 Å². The van der Waals surface area contributed by atoms with E-state index in [1.165, 1.54) is 0 Å². The molecule has 0 aliphatic carbocycles. The van der Waals surface area contributed by atoms with Gasteiger partial charge in [0, 0.05) is 39.7 Å². The van der Waals surface area contributed by atoms with E-state index in [-0.39, 0.29) is 36.1 Å². The molecule has 10 heteroatoms. The Hall–Kier alpha value is -1.14. The highest BCUT2D eigenvalue weighted by atomic mass is 127. The number of hydrogen-bond acceptors (Lipinski definition) is 3. The molecule has 1 aliphatic heterocycles. The van der Waals surface area contributed by atoms with Gasteiger partial charge in [-0.15, -0.1) is 24.0 Å². The number of likely N-dealkylation sites (tertiary alicyclic amines) is 1. The first kappa shape index (κ1) is 24.9. The smallest absolute Gasteiger partial charge is 0.382 e. The Balaban J connectivity index is 0.00000392. The van der Waals surface area contributed by atoms with Crippen LogP contribution >= 0.6 is 24.0 Å². The van der Waals surface area contributed by atoms with Crippen molar-refractivity contribution in [2.45, 2.75) is 19.1 Å². The molecule has 1 aromatic rings. The summed E-state index contributed by atoms with van der Waals surface area (Å²) in [6.07, 6.45) is -3.70. The first-order valence-corrected chi connectivity index (χ1v) is 8.73. The average molecular weight is 519 g/mol. The van der Waals surface area contributed by atoms with Crippen LogP contribution in [0.25, 0.3) is 0 Å². The minimum absolute atomic E-state index is 0. The molecule has 1 saturated heterocycles. The van der Waals surface area contributed by atoms with Gasteiger partial charge >= 0.3 is 6.18 Å². The zero-order valence-electron chi connectivity index (χ0n) is 15.9. The highest BCUT2D eigenvalue weighted by Gasteiger charge is 2.34. The molecule has 1 aromatic carbocycles. The van der Waals surface area contributed by atoms with E-state index in [1.807, 2.05) is 4.90 Å². The van der Waals surface area contributed by atoms with E-state index in [0.29, 0.717) is 44.3 Å². The van der Waals surface area contributed by atoms with Crippen molar-refractivity contribution in [3.8, 4) is 0 Å². The predicted octanol–water partition coefficient (Wildman–Crippen LogP) is 3.52. The maximum absolute atomic E-state index is 13.2. The fourth-order valence-corrected chi connectivity index (χ4v) is 3.03. The van der Waals surface area contributed by atoms with Crippen LogP contribution in [0.15, 0.2) is 23.2 Å². The Morgan fingerprint density at radius 1 is 1.32 bits per heavy atom. The maximum Gasteiger partial charge on any atom is 0.416 e. The first-order chi connectivity index (χ1) is 12.8. The number of ether oxygens (including phenoxy) is 2. The summed E-state index contributed by atoms with van der Waals surface area (Å²) in [6, 6.07) is 2.69. The highest BCUT2D eigenvalue weighted by Crippen LogP contribution is 2.32. The van der Waals surface area contributed by atoms with Gasteiger partial charge in [0.1, 0.15) is 5.82 Å². The van der Waals surface area contributed by atoms with Gasteiger partial charge in [-0.05, 0) is 24.1 Å². The second-order valence-corrected chi connectivity index (χ2v) is 6.37. The van der Waals surface area contributed by atoms with Gasteiger partial charge in [0.25, 0.3) is 0 Å². The van der Waals surface area contributed by atoms with E-state index in [1.54, 1.807) is 14.2 Å². The Kier molecular flexibility index (Phi) is 10.5. The fourth-order valence-electron chi connectivity index (χ4n) is 3.03. The second kappa shape index (κ2) is 11.8. The third-order valence-corrected chi connectivity index (χ3v) is 4.40. The van der Waals surface area contributed by atoms with Crippen molar-refractivity contribution in [3.05, 3.63) is 35.1 Å². The molecule has 0 aromatic heterocycles. The molecule has 0 saturated carbocycles. The molecule has 1 fully saturated rings. The monoisotopic (exact) mass is 519 g/mol. The summed E-state index contributed by atoms with van der Waals surface area (Å²) in [7, 11) is 3.20. The average Bonchev–Trinajstić information content (AvgIpc) is 3.08. The molecule has 0 spiro atoms. The minimum Gasteiger partial charge on any atom is -0.382 e. The number of nitrogens with zero attached hydrogens (tertiary/aromatic N) is 2. The number of alkyl halides is 3. The van der Waals surface area contributed by atoms with Gasteiger partial charge in [-0.25, -0.2) is 4.39 Å². The van der Waals surface area contributed by atoms with E-state index < -0.39 is 17.6 Å². The molecular weight excluding hydrogens is 493 g/mol. The Morgan fingerprint density at radius 2 is 2.07 bits per heavy atom. The molecule has 28 heavy (non-hydrogen) atoms. The lowest BCUT2D eigenvalue weighted by atomic mass is 10.1. The summed E-state index contributed by atoms with van der Waals surface area (Å²) in [4.78, 5) is 6.14. The van der Waals surface area contributed by atoms with Crippen molar-refractivity contribution >= 4 is 29.9 Å². The molecule has 0 radical (unpaired) electrons. The Morgan fingerprint density at radius 3 is 2.71 bits per heavy atom. The molecule has 1 aliphatic rings.